The predicted octanol–water partition coefficient (Wildman–Crippen LogP) is 4.01. The molecule has 0 aliphatic rings. The Kier molecular flexibility index (Phi) is 7.18. The third kappa shape index (κ3) is 5.99. The van der Waals surface area contributed by atoms with Crippen LogP contribution in [0.3, 0.4) is 0 Å². The van der Waals surface area contributed by atoms with Gasteiger partial charge in [0.1, 0.15) is 0 Å². The zero-order chi connectivity index (χ0) is 12.7. The molecule has 0 aromatic carbocycles. The van der Waals surface area contributed by atoms with Gasteiger partial charge >= 0.3 is 5.97 Å². The minimum atomic E-state index is -0.473. The second-order valence-electron chi connectivity index (χ2n) is 3.48. The number of esters is 1. The molecule has 0 N–H and O–H groups in total. The third-order valence-corrected chi connectivity index (χ3v) is 2.24. The number of carbonyl (C=O) groups is 1. The zero-order valence-corrected chi connectivity index (χ0v) is 11.2. The normalized spacial score (nSPS) is 14.6. The van der Waals surface area contributed by atoms with E-state index in [9.17, 15) is 4.79 Å². The topological polar surface area (TPSA) is 26.3 Å². The molecule has 0 heterocycles. The lowest BCUT2D eigenvalue weighted by Gasteiger charge is -2.06. The lowest BCUT2D eigenvalue weighted by Crippen LogP contribution is -2.05. The van der Waals surface area contributed by atoms with Gasteiger partial charge in [0.25, 0.3) is 0 Å². The molecule has 0 aromatic rings. The molecule has 1 unspecified atom stereocenters. The van der Waals surface area contributed by atoms with Crippen LogP contribution in [0.4, 0.5) is 0 Å². The standard InChI is InChI=1S/C12H16Cl2O2/c1-8(7-9(2)13)5-6-11(10(3)14)12(15)16-4/h6-8H,3,5H2,1-2,4H3/b9-7+,11-6-. The van der Waals surface area contributed by atoms with Gasteiger partial charge in [-0.05, 0) is 19.3 Å². The third-order valence-electron chi connectivity index (χ3n) is 1.91. The van der Waals surface area contributed by atoms with E-state index in [0.29, 0.717) is 12.0 Å². The summed E-state index contributed by atoms with van der Waals surface area (Å²) in [6, 6.07) is 0. The van der Waals surface area contributed by atoms with E-state index in [1.54, 1.807) is 6.08 Å². The Morgan fingerprint density at radius 1 is 1.50 bits per heavy atom. The maximum atomic E-state index is 11.3. The fraction of sp³-hybridized carbons (Fsp3) is 0.417. The first-order valence-corrected chi connectivity index (χ1v) is 5.61. The van der Waals surface area contributed by atoms with Crippen molar-refractivity contribution in [3.8, 4) is 0 Å². The van der Waals surface area contributed by atoms with Gasteiger partial charge < -0.3 is 4.74 Å². The smallest absolute Gasteiger partial charge is 0.339 e. The minimum absolute atomic E-state index is 0.186. The Labute approximate surface area is 107 Å². The van der Waals surface area contributed by atoms with Gasteiger partial charge in [0.2, 0.25) is 0 Å². The van der Waals surface area contributed by atoms with Crippen molar-refractivity contribution in [2.45, 2.75) is 20.3 Å². The van der Waals surface area contributed by atoms with E-state index in [1.165, 1.54) is 7.11 Å². The van der Waals surface area contributed by atoms with Crippen molar-refractivity contribution >= 4 is 29.2 Å². The number of ether oxygens (including phenoxy) is 1. The van der Waals surface area contributed by atoms with Crippen LogP contribution in [0.15, 0.2) is 34.4 Å². The summed E-state index contributed by atoms with van der Waals surface area (Å²) in [4.78, 5) is 11.3. The van der Waals surface area contributed by atoms with Crippen LogP contribution in [0.25, 0.3) is 0 Å². The molecule has 0 bridgehead atoms. The van der Waals surface area contributed by atoms with E-state index in [2.05, 4.69) is 11.3 Å². The molecule has 0 fully saturated rings. The number of hydrogen-bond donors (Lipinski definition) is 0. The molecule has 0 spiro atoms. The van der Waals surface area contributed by atoms with Gasteiger partial charge in [-0.2, -0.15) is 0 Å². The van der Waals surface area contributed by atoms with Crippen LogP contribution in [0, 0.1) is 5.92 Å². The maximum Gasteiger partial charge on any atom is 0.339 e. The molecule has 0 saturated carbocycles. The Bertz CT molecular complexity index is 326. The number of halogens is 2. The molecule has 0 aromatic heterocycles. The fourth-order valence-electron chi connectivity index (χ4n) is 1.18. The van der Waals surface area contributed by atoms with Crippen LogP contribution in [0.2, 0.25) is 0 Å². The molecule has 0 saturated heterocycles. The second kappa shape index (κ2) is 7.53. The maximum absolute atomic E-state index is 11.3. The van der Waals surface area contributed by atoms with Crippen molar-refractivity contribution in [2.24, 2.45) is 5.92 Å². The summed E-state index contributed by atoms with van der Waals surface area (Å²) < 4.78 is 4.59. The van der Waals surface area contributed by atoms with Crippen molar-refractivity contribution in [3.05, 3.63) is 34.4 Å². The number of carbonyl (C=O) groups excluding carboxylic acids is 1. The summed E-state index contributed by atoms with van der Waals surface area (Å²) >= 11 is 11.4. The Balaban J connectivity index is 4.65. The highest BCUT2D eigenvalue weighted by molar-refractivity contribution is 6.34. The minimum Gasteiger partial charge on any atom is -0.465 e. The second-order valence-corrected chi connectivity index (χ2v) is 4.53. The van der Waals surface area contributed by atoms with Gasteiger partial charge in [-0.25, -0.2) is 4.79 Å². The molecule has 4 heteroatoms. The van der Waals surface area contributed by atoms with E-state index in [1.807, 2.05) is 19.9 Å². The molecule has 90 valence electrons. The Morgan fingerprint density at radius 2 is 2.06 bits per heavy atom. The van der Waals surface area contributed by atoms with Gasteiger partial charge in [0, 0.05) is 10.1 Å². The fourth-order valence-corrected chi connectivity index (χ4v) is 1.55. The summed E-state index contributed by atoms with van der Waals surface area (Å²) in [6.45, 7) is 7.32. The summed E-state index contributed by atoms with van der Waals surface area (Å²) in [6.07, 6.45) is 4.27. The van der Waals surface area contributed by atoms with Crippen LogP contribution >= 0.6 is 23.2 Å². The highest BCUT2D eigenvalue weighted by Gasteiger charge is 2.11. The van der Waals surface area contributed by atoms with Crippen LogP contribution < -0.4 is 0 Å². The molecule has 0 aliphatic carbocycles. The quantitative estimate of drug-likeness (QED) is 0.425. The van der Waals surface area contributed by atoms with Crippen LogP contribution in [0.1, 0.15) is 20.3 Å². The summed E-state index contributed by atoms with van der Waals surface area (Å²) in [5.74, 6) is -0.244. The first kappa shape index (κ1) is 15.3. The van der Waals surface area contributed by atoms with Gasteiger partial charge in [0.15, 0.2) is 0 Å². The average molecular weight is 263 g/mol. The Morgan fingerprint density at radius 3 is 2.44 bits per heavy atom. The number of rotatable bonds is 5. The predicted molar refractivity (Wildman–Crippen MR) is 68.5 cm³/mol. The average Bonchev–Trinajstić information content (AvgIpc) is 2.15. The molecule has 1 atom stereocenters. The highest BCUT2D eigenvalue weighted by atomic mass is 35.5. The van der Waals surface area contributed by atoms with E-state index >= 15 is 0 Å². The van der Waals surface area contributed by atoms with Crippen LogP contribution in [-0.4, -0.2) is 13.1 Å². The van der Waals surface area contributed by atoms with Gasteiger partial charge in [-0.3, -0.25) is 0 Å². The van der Waals surface area contributed by atoms with Crippen LogP contribution in [0.5, 0.6) is 0 Å². The van der Waals surface area contributed by atoms with Gasteiger partial charge in [-0.15, -0.1) is 0 Å². The monoisotopic (exact) mass is 262 g/mol. The number of hydrogen-bond acceptors (Lipinski definition) is 2. The molecule has 2 nitrogen and oxygen atoms in total. The van der Waals surface area contributed by atoms with Crippen molar-refractivity contribution in [1.82, 2.24) is 0 Å². The summed E-state index contributed by atoms with van der Waals surface area (Å²) in [7, 11) is 1.31. The lowest BCUT2D eigenvalue weighted by atomic mass is 10.0. The Hall–Kier alpha value is -0.730. The summed E-state index contributed by atoms with van der Waals surface area (Å²) in [5, 5.41) is 0.913. The number of methoxy groups -OCH3 is 1. The van der Waals surface area contributed by atoms with Gasteiger partial charge in [-0.1, -0.05) is 48.9 Å². The van der Waals surface area contributed by atoms with E-state index in [4.69, 9.17) is 23.2 Å². The molecule has 0 radical (unpaired) electrons. The van der Waals surface area contributed by atoms with Crippen molar-refractivity contribution in [1.29, 1.82) is 0 Å². The SMILES string of the molecule is C=C(Cl)/C(=C/CC(C)/C=C(\C)Cl)C(=O)OC. The molecule has 0 amide bonds. The first-order chi connectivity index (χ1) is 7.38. The molecule has 0 rings (SSSR count). The summed E-state index contributed by atoms with van der Waals surface area (Å²) in [5.41, 5.74) is 0.302. The molecular formula is C12H16Cl2O2. The highest BCUT2D eigenvalue weighted by Crippen LogP contribution is 2.18. The van der Waals surface area contributed by atoms with E-state index < -0.39 is 5.97 Å². The van der Waals surface area contributed by atoms with Crippen molar-refractivity contribution in [2.75, 3.05) is 7.11 Å². The number of allylic oxidation sites excluding steroid dienone is 3. The van der Waals surface area contributed by atoms with Crippen molar-refractivity contribution in [3.63, 3.8) is 0 Å². The lowest BCUT2D eigenvalue weighted by molar-refractivity contribution is -0.135. The van der Waals surface area contributed by atoms with Gasteiger partial charge in [0.05, 0.1) is 12.7 Å². The first-order valence-electron chi connectivity index (χ1n) is 4.85. The molecule has 0 aliphatic heterocycles. The molecular weight excluding hydrogens is 247 g/mol. The van der Waals surface area contributed by atoms with Crippen LogP contribution in [-0.2, 0) is 9.53 Å². The molecule has 16 heavy (non-hydrogen) atoms. The zero-order valence-electron chi connectivity index (χ0n) is 9.72. The van der Waals surface area contributed by atoms with E-state index in [0.717, 1.165) is 5.03 Å². The van der Waals surface area contributed by atoms with E-state index in [-0.39, 0.29) is 11.0 Å². The largest absolute Gasteiger partial charge is 0.465 e. The van der Waals surface area contributed by atoms with Crippen molar-refractivity contribution < 1.29 is 9.53 Å².